The maximum atomic E-state index is 9.49. The van der Waals surface area contributed by atoms with Gasteiger partial charge in [-0.05, 0) is 54.9 Å². The van der Waals surface area contributed by atoms with E-state index in [9.17, 15) is 5.11 Å². The molecule has 0 heterocycles. The number of rotatable bonds is 2. The highest BCUT2D eigenvalue weighted by Crippen LogP contribution is 2.37. The summed E-state index contributed by atoms with van der Waals surface area (Å²) in [6, 6.07) is 7.08. The molecule has 16 heavy (non-hydrogen) atoms. The Kier molecular flexibility index (Phi) is 2.40. The van der Waals surface area contributed by atoms with Crippen LogP contribution in [-0.2, 0) is 6.42 Å². The molecule has 1 saturated carbocycles. The average Bonchev–Trinajstić information content (AvgIpc) is 2.94. The minimum absolute atomic E-state index is 0.402. The predicted octanol–water partition coefficient (Wildman–Crippen LogP) is 2.77. The molecule has 0 aromatic heterocycles. The normalized spacial score (nSPS) is 32.2. The van der Waals surface area contributed by atoms with Gasteiger partial charge in [-0.1, -0.05) is 13.0 Å². The predicted molar refractivity (Wildman–Crippen MR) is 64.5 cm³/mol. The monoisotopic (exact) mass is 217 g/mol. The molecule has 0 bridgehead atoms. The molecular weight excluding hydrogens is 198 g/mol. The summed E-state index contributed by atoms with van der Waals surface area (Å²) < 4.78 is 0. The number of aromatic hydroxyl groups is 1. The van der Waals surface area contributed by atoms with Gasteiger partial charge in [-0.2, -0.15) is 0 Å². The average molecular weight is 217 g/mol. The molecule has 0 aliphatic heterocycles. The molecule has 3 atom stereocenters. The molecular formula is C14H19NO. The highest BCUT2D eigenvalue weighted by Gasteiger charge is 2.35. The standard InChI is InChI=1S/C14H19NO/c1-9-7-14(9)15-13-4-2-3-10-8-11(16)5-6-12(10)13/h5-6,8-9,13-16H,2-4,7H2,1H3. The molecule has 0 amide bonds. The van der Waals surface area contributed by atoms with Crippen LogP contribution >= 0.6 is 0 Å². The van der Waals surface area contributed by atoms with Crippen molar-refractivity contribution < 1.29 is 5.11 Å². The van der Waals surface area contributed by atoms with Crippen LogP contribution in [0, 0.1) is 5.92 Å². The number of fused-ring (bicyclic) bond motifs is 1. The highest BCUT2D eigenvalue weighted by atomic mass is 16.3. The molecule has 2 N–H and O–H groups in total. The number of benzene rings is 1. The van der Waals surface area contributed by atoms with Gasteiger partial charge in [-0.15, -0.1) is 0 Å². The van der Waals surface area contributed by atoms with Crippen molar-refractivity contribution in [3.05, 3.63) is 29.3 Å². The van der Waals surface area contributed by atoms with Crippen molar-refractivity contribution in [2.45, 2.75) is 44.7 Å². The van der Waals surface area contributed by atoms with E-state index in [2.05, 4.69) is 18.3 Å². The van der Waals surface area contributed by atoms with Crippen LogP contribution in [0.25, 0.3) is 0 Å². The number of phenolic OH excluding ortho intramolecular Hbond substituents is 1. The summed E-state index contributed by atoms with van der Waals surface area (Å²) in [6.45, 7) is 2.30. The van der Waals surface area contributed by atoms with E-state index in [0.29, 0.717) is 11.8 Å². The van der Waals surface area contributed by atoms with Gasteiger partial charge in [0.15, 0.2) is 0 Å². The molecule has 3 unspecified atom stereocenters. The first-order valence-corrected chi connectivity index (χ1v) is 6.32. The summed E-state index contributed by atoms with van der Waals surface area (Å²) in [7, 11) is 0. The summed E-state index contributed by atoms with van der Waals surface area (Å²) >= 11 is 0. The Bertz CT molecular complexity index is 402. The van der Waals surface area contributed by atoms with Crippen LogP contribution in [0.2, 0.25) is 0 Å². The second kappa shape index (κ2) is 3.77. The van der Waals surface area contributed by atoms with E-state index in [-0.39, 0.29) is 0 Å². The molecule has 0 saturated heterocycles. The maximum Gasteiger partial charge on any atom is 0.115 e. The van der Waals surface area contributed by atoms with Gasteiger partial charge in [0, 0.05) is 12.1 Å². The quantitative estimate of drug-likeness (QED) is 0.798. The largest absolute Gasteiger partial charge is 0.508 e. The fourth-order valence-electron chi connectivity index (χ4n) is 2.79. The minimum Gasteiger partial charge on any atom is -0.508 e. The Hall–Kier alpha value is -1.02. The number of hydrogen-bond acceptors (Lipinski definition) is 2. The highest BCUT2D eigenvalue weighted by molar-refractivity contribution is 5.38. The molecule has 1 aromatic rings. The fourth-order valence-corrected chi connectivity index (χ4v) is 2.79. The molecule has 0 radical (unpaired) electrons. The Balaban J connectivity index is 1.82. The van der Waals surface area contributed by atoms with Crippen molar-refractivity contribution in [3.8, 4) is 5.75 Å². The van der Waals surface area contributed by atoms with Crippen molar-refractivity contribution >= 4 is 0 Å². The van der Waals surface area contributed by atoms with Crippen molar-refractivity contribution in [2.24, 2.45) is 5.92 Å². The maximum absolute atomic E-state index is 9.49. The van der Waals surface area contributed by atoms with Crippen LogP contribution < -0.4 is 5.32 Å². The van der Waals surface area contributed by atoms with E-state index in [1.807, 2.05) is 12.1 Å². The summed E-state index contributed by atoms with van der Waals surface area (Å²) in [5.41, 5.74) is 2.74. The zero-order chi connectivity index (χ0) is 11.1. The number of phenols is 1. The number of hydrogen-bond donors (Lipinski definition) is 2. The van der Waals surface area contributed by atoms with E-state index in [1.165, 1.54) is 30.4 Å². The molecule has 3 rings (SSSR count). The van der Waals surface area contributed by atoms with E-state index in [4.69, 9.17) is 0 Å². The van der Waals surface area contributed by atoms with Gasteiger partial charge in [0.25, 0.3) is 0 Å². The molecule has 1 aromatic carbocycles. The Morgan fingerprint density at radius 3 is 2.94 bits per heavy atom. The molecule has 2 aliphatic rings. The van der Waals surface area contributed by atoms with Crippen LogP contribution in [-0.4, -0.2) is 11.1 Å². The number of aryl methyl sites for hydroxylation is 1. The van der Waals surface area contributed by atoms with Gasteiger partial charge in [0.2, 0.25) is 0 Å². The first-order chi connectivity index (χ1) is 7.74. The third kappa shape index (κ3) is 1.82. The summed E-state index contributed by atoms with van der Waals surface area (Å²) in [5, 5.41) is 13.2. The minimum atomic E-state index is 0.402. The van der Waals surface area contributed by atoms with Gasteiger partial charge >= 0.3 is 0 Å². The SMILES string of the molecule is CC1CC1NC1CCCc2cc(O)ccc21. The third-order valence-corrected chi connectivity index (χ3v) is 3.97. The van der Waals surface area contributed by atoms with E-state index in [1.54, 1.807) is 0 Å². The van der Waals surface area contributed by atoms with Crippen molar-refractivity contribution in [2.75, 3.05) is 0 Å². The van der Waals surface area contributed by atoms with Gasteiger partial charge in [-0.3, -0.25) is 0 Å². The molecule has 2 aliphatic carbocycles. The Morgan fingerprint density at radius 2 is 2.19 bits per heavy atom. The van der Waals surface area contributed by atoms with Gasteiger partial charge < -0.3 is 10.4 Å². The summed E-state index contributed by atoms with van der Waals surface area (Å²) in [6.07, 6.45) is 4.91. The summed E-state index contributed by atoms with van der Waals surface area (Å²) in [4.78, 5) is 0. The Morgan fingerprint density at radius 1 is 1.38 bits per heavy atom. The van der Waals surface area contributed by atoms with Gasteiger partial charge in [0.05, 0.1) is 0 Å². The molecule has 2 nitrogen and oxygen atoms in total. The summed E-state index contributed by atoms with van der Waals surface area (Å²) in [5.74, 6) is 1.25. The van der Waals surface area contributed by atoms with Gasteiger partial charge in [-0.25, -0.2) is 0 Å². The van der Waals surface area contributed by atoms with Gasteiger partial charge in [0.1, 0.15) is 5.75 Å². The lowest BCUT2D eigenvalue weighted by molar-refractivity contribution is 0.442. The second-order valence-electron chi connectivity index (χ2n) is 5.31. The first kappa shape index (κ1) is 10.2. The number of nitrogens with one attached hydrogen (secondary N) is 1. The van der Waals surface area contributed by atoms with Crippen LogP contribution in [0.4, 0.5) is 0 Å². The third-order valence-electron chi connectivity index (χ3n) is 3.97. The topological polar surface area (TPSA) is 32.3 Å². The zero-order valence-electron chi connectivity index (χ0n) is 9.74. The van der Waals surface area contributed by atoms with Crippen LogP contribution in [0.1, 0.15) is 43.4 Å². The smallest absolute Gasteiger partial charge is 0.115 e. The van der Waals surface area contributed by atoms with Crippen LogP contribution in [0.3, 0.4) is 0 Å². The first-order valence-electron chi connectivity index (χ1n) is 6.32. The lowest BCUT2D eigenvalue weighted by Crippen LogP contribution is -2.27. The van der Waals surface area contributed by atoms with E-state index >= 15 is 0 Å². The zero-order valence-corrected chi connectivity index (χ0v) is 9.74. The molecule has 2 heteroatoms. The van der Waals surface area contributed by atoms with Crippen molar-refractivity contribution in [3.63, 3.8) is 0 Å². The second-order valence-corrected chi connectivity index (χ2v) is 5.31. The fraction of sp³-hybridized carbons (Fsp3) is 0.571. The lowest BCUT2D eigenvalue weighted by atomic mass is 9.87. The molecule has 1 fully saturated rings. The lowest BCUT2D eigenvalue weighted by Gasteiger charge is -2.26. The van der Waals surface area contributed by atoms with E-state index in [0.717, 1.165) is 18.4 Å². The van der Waals surface area contributed by atoms with Crippen LogP contribution in [0.15, 0.2) is 18.2 Å². The van der Waals surface area contributed by atoms with Crippen molar-refractivity contribution in [1.29, 1.82) is 0 Å². The molecule has 0 spiro atoms. The van der Waals surface area contributed by atoms with E-state index < -0.39 is 0 Å². The van der Waals surface area contributed by atoms with Crippen molar-refractivity contribution in [1.82, 2.24) is 5.32 Å². The van der Waals surface area contributed by atoms with Crippen LogP contribution in [0.5, 0.6) is 5.75 Å². The Labute approximate surface area is 96.7 Å². The molecule has 86 valence electrons.